The number of anilines is 1. The van der Waals surface area contributed by atoms with Crippen molar-refractivity contribution >= 4 is 33.6 Å². The van der Waals surface area contributed by atoms with E-state index in [-0.39, 0.29) is 17.2 Å². The van der Waals surface area contributed by atoms with Crippen LogP contribution in [0.5, 0.6) is 5.75 Å². The summed E-state index contributed by atoms with van der Waals surface area (Å²) < 4.78 is 10.6. The van der Waals surface area contributed by atoms with E-state index in [1.54, 1.807) is 0 Å². The van der Waals surface area contributed by atoms with Gasteiger partial charge in [0.1, 0.15) is 16.9 Å². The number of nitrogens with two attached hydrogens (primary N) is 1. The number of phenols is 1. The van der Waals surface area contributed by atoms with Crippen LogP contribution in [0.15, 0.2) is 59.0 Å². The van der Waals surface area contributed by atoms with Gasteiger partial charge in [-0.05, 0) is 5.56 Å². The van der Waals surface area contributed by atoms with E-state index < -0.39 is 5.97 Å². The normalized spacial score (nSPS) is 11.1. The number of hydrogen-bond acceptors (Lipinski definition) is 5. The minimum atomic E-state index is -0.592. The summed E-state index contributed by atoms with van der Waals surface area (Å²) in [4.78, 5) is 12.3. The Morgan fingerprint density at radius 3 is 2.42 bits per heavy atom. The minimum absolute atomic E-state index is 0.0167. The van der Waals surface area contributed by atoms with Crippen molar-refractivity contribution < 1.29 is 19.1 Å². The van der Waals surface area contributed by atoms with Gasteiger partial charge in [0.2, 0.25) is 5.88 Å². The number of ether oxygens (including phenoxy) is 1. The number of rotatable bonds is 3. The Labute approximate surface area is 149 Å². The molecule has 0 bridgehead atoms. The lowest BCUT2D eigenvalue weighted by molar-refractivity contribution is 0.0603. The first-order valence-electron chi connectivity index (χ1n) is 8.18. The Kier molecular flexibility index (Phi) is 3.77. The fourth-order valence-corrected chi connectivity index (χ4v) is 3.37. The molecule has 0 unspecified atom stereocenters. The number of aromatic hydroxyl groups is 1. The van der Waals surface area contributed by atoms with Crippen molar-refractivity contribution in [2.24, 2.45) is 0 Å². The number of esters is 1. The summed E-state index contributed by atoms with van der Waals surface area (Å²) in [6, 6.07) is 17.0. The lowest BCUT2D eigenvalue weighted by atomic mass is 9.94. The zero-order chi connectivity index (χ0) is 18.3. The van der Waals surface area contributed by atoms with Gasteiger partial charge in [-0.15, -0.1) is 0 Å². The summed E-state index contributed by atoms with van der Waals surface area (Å²) in [5, 5.41) is 12.8. The molecule has 1 aromatic heterocycles. The van der Waals surface area contributed by atoms with Gasteiger partial charge < -0.3 is 20.0 Å². The number of carbonyl (C=O) groups excluding carboxylic acids is 1. The van der Waals surface area contributed by atoms with Gasteiger partial charge in [-0.2, -0.15) is 0 Å². The second kappa shape index (κ2) is 6.11. The summed E-state index contributed by atoms with van der Waals surface area (Å²) in [7, 11) is 1.29. The van der Waals surface area contributed by atoms with E-state index in [0.29, 0.717) is 33.7 Å². The fraction of sp³-hybridized carbons (Fsp3) is 0.0952. The molecule has 4 rings (SSSR count). The number of nitrogen functional groups attached to an aromatic ring is 1. The Bertz CT molecular complexity index is 1130. The molecule has 0 aliphatic carbocycles. The van der Waals surface area contributed by atoms with Crippen LogP contribution in [0, 0.1) is 0 Å². The van der Waals surface area contributed by atoms with Gasteiger partial charge in [0.25, 0.3) is 0 Å². The molecule has 26 heavy (non-hydrogen) atoms. The molecular weight excluding hydrogens is 330 g/mol. The van der Waals surface area contributed by atoms with E-state index in [0.717, 1.165) is 5.56 Å². The van der Waals surface area contributed by atoms with E-state index in [1.165, 1.54) is 7.11 Å². The van der Waals surface area contributed by atoms with Crippen LogP contribution in [0.25, 0.3) is 21.7 Å². The van der Waals surface area contributed by atoms with Crippen LogP contribution in [0.3, 0.4) is 0 Å². The van der Waals surface area contributed by atoms with E-state index in [2.05, 4.69) is 0 Å². The standard InChI is InChI=1S/C21H17NO4/c1-25-21(24)17-16-15(11-12-7-3-2-4-8-12)18(23)13-9-5-6-10-14(13)19(16)26-20(17)22/h2-10,23H,11,22H2,1H3. The van der Waals surface area contributed by atoms with Crippen LogP contribution >= 0.6 is 0 Å². The summed E-state index contributed by atoms with van der Waals surface area (Å²) >= 11 is 0. The molecule has 0 fully saturated rings. The third-order valence-corrected chi connectivity index (χ3v) is 4.56. The molecule has 4 aromatic rings. The number of fused-ring (bicyclic) bond motifs is 3. The Balaban J connectivity index is 2.12. The maximum absolute atomic E-state index is 12.3. The van der Waals surface area contributed by atoms with Gasteiger partial charge >= 0.3 is 5.97 Å². The van der Waals surface area contributed by atoms with Gasteiger partial charge in [-0.3, -0.25) is 0 Å². The van der Waals surface area contributed by atoms with Crippen molar-refractivity contribution in [1.82, 2.24) is 0 Å². The minimum Gasteiger partial charge on any atom is -0.507 e. The molecule has 3 N–H and O–H groups in total. The molecule has 0 aliphatic rings. The third-order valence-electron chi connectivity index (χ3n) is 4.56. The van der Waals surface area contributed by atoms with Crippen LogP contribution in [0.4, 0.5) is 5.88 Å². The van der Waals surface area contributed by atoms with Crippen molar-refractivity contribution in [1.29, 1.82) is 0 Å². The maximum Gasteiger partial charge on any atom is 0.344 e. The molecule has 0 radical (unpaired) electrons. The topological polar surface area (TPSA) is 85.7 Å². The Morgan fingerprint density at radius 2 is 1.73 bits per heavy atom. The molecule has 3 aromatic carbocycles. The molecular formula is C21H17NO4. The lowest BCUT2D eigenvalue weighted by Gasteiger charge is -2.11. The molecule has 1 heterocycles. The van der Waals surface area contributed by atoms with Gasteiger partial charge in [-0.1, -0.05) is 54.6 Å². The van der Waals surface area contributed by atoms with Crippen molar-refractivity contribution in [2.45, 2.75) is 6.42 Å². The molecule has 0 saturated carbocycles. The van der Waals surface area contributed by atoms with Crippen molar-refractivity contribution in [3.8, 4) is 5.75 Å². The van der Waals surface area contributed by atoms with Crippen molar-refractivity contribution in [3.63, 3.8) is 0 Å². The SMILES string of the molecule is COC(=O)c1c(N)oc2c1c(Cc1ccccc1)c(O)c1ccccc12. The zero-order valence-electron chi connectivity index (χ0n) is 14.2. The number of hydrogen-bond donors (Lipinski definition) is 2. The Morgan fingerprint density at radius 1 is 1.08 bits per heavy atom. The second-order valence-electron chi connectivity index (χ2n) is 6.07. The molecule has 0 amide bonds. The van der Waals surface area contributed by atoms with E-state index >= 15 is 0 Å². The average molecular weight is 347 g/mol. The molecule has 0 aliphatic heterocycles. The first-order chi connectivity index (χ1) is 12.6. The lowest BCUT2D eigenvalue weighted by Crippen LogP contribution is -2.05. The van der Waals surface area contributed by atoms with Crippen LogP contribution < -0.4 is 5.73 Å². The third kappa shape index (κ3) is 2.37. The van der Waals surface area contributed by atoms with Crippen molar-refractivity contribution in [2.75, 3.05) is 12.8 Å². The molecule has 130 valence electrons. The van der Waals surface area contributed by atoms with E-state index in [9.17, 15) is 9.90 Å². The molecule has 0 spiro atoms. The molecule has 0 atom stereocenters. The highest BCUT2D eigenvalue weighted by molar-refractivity contribution is 6.18. The molecule has 5 heteroatoms. The summed E-state index contributed by atoms with van der Waals surface area (Å²) in [5.41, 5.74) is 8.19. The first kappa shape index (κ1) is 16.0. The number of phenolic OH excluding ortho intramolecular Hbond substituents is 1. The highest BCUT2D eigenvalue weighted by Gasteiger charge is 2.26. The highest BCUT2D eigenvalue weighted by atomic mass is 16.5. The summed E-state index contributed by atoms with van der Waals surface area (Å²) in [6.45, 7) is 0. The van der Waals surface area contributed by atoms with Crippen LogP contribution in [-0.2, 0) is 11.2 Å². The summed E-state index contributed by atoms with van der Waals surface area (Å²) in [6.07, 6.45) is 0.428. The van der Waals surface area contributed by atoms with Crippen LogP contribution in [0.1, 0.15) is 21.5 Å². The maximum atomic E-state index is 12.3. The Hall–Kier alpha value is -3.47. The molecule has 0 saturated heterocycles. The van der Waals surface area contributed by atoms with Crippen LogP contribution in [0.2, 0.25) is 0 Å². The highest BCUT2D eigenvalue weighted by Crippen LogP contribution is 2.43. The number of benzene rings is 3. The van der Waals surface area contributed by atoms with Gasteiger partial charge in [0.05, 0.1) is 7.11 Å². The first-order valence-corrected chi connectivity index (χ1v) is 8.18. The summed E-state index contributed by atoms with van der Waals surface area (Å²) in [5.74, 6) is -0.495. The van der Waals surface area contributed by atoms with Gasteiger partial charge in [0, 0.05) is 28.1 Å². The predicted molar refractivity (Wildman–Crippen MR) is 100 cm³/mol. The van der Waals surface area contributed by atoms with Gasteiger partial charge in [-0.25, -0.2) is 4.79 Å². The van der Waals surface area contributed by atoms with Crippen molar-refractivity contribution in [3.05, 3.63) is 71.3 Å². The fourth-order valence-electron chi connectivity index (χ4n) is 3.37. The van der Waals surface area contributed by atoms with Crippen LogP contribution in [-0.4, -0.2) is 18.2 Å². The van der Waals surface area contributed by atoms with Gasteiger partial charge in [0.15, 0.2) is 0 Å². The van der Waals surface area contributed by atoms with E-state index in [4.69, 9.17) is 14.9 Å². The second-order valence-corrected chi connectivity index (χ2v) is 6.07. The number of carbonyl (C=O) groups is 1. The number of methoxy groups -OCH3 is 1. The zero-order valence-corrected chi connectivity index (χ0v) is 14.2. The quantitative estimate of drug-likeness (QED) is 0.541. The average Bonchev–Trinajstić information content (AvgIpc) is 3.02. The predicted octanol–water partition coefficient (Wildman–Crippen LogP) is 4.25. The van der Waals surface area contributed by atoms with E-state index in [1.807, 2.05) is 54.6 Å². The monoisotopic (exact) mass is 347 g/mol. The largest absolute Gasteiger partial charge is 0.507 e. The smallest absolute Gasteiger partial charge is 0.344 e. The number of furan rings is 1. The molecule has 5 nitrogen and oxygen atoms in total.